The zero-order chi connectivity index (χ0) is 16.5. The molecule has 5 nitrogen and oxygen atoms in total. The number of benzene rings is 1. The lowest BCUT2D eigenvalue weighted by atomic mass is 10.0. The third-order valence-electron chi connectivity index (χ3n) is 4.68. The molecule has 24 heavy (non-hydrogen) atoms. The first kappa shape index (κ1) is 14.9. The van der Waals surface area contributed by atoms with Crippen LogP contribution in [0.3, 0.4) is 0 Å². The number of ether oxygens (including phenoxy) is 1. The van der Waals surface area contributed by atoms with Crippen LogP contribution in [0.1, 0.15) is 12.0 Å². The standard InChI is InChI=1S/C19H21N3O2/c1-14(21-8-2-3-9-21)22-11-15(12-22)13-24-17-5-6-18-16(10-17)4-7-19(23)20-18/h2-3,5-6,8-10,15H,1,4,7,11-13H2,(H,20,23). The summed E-state index contributed by atoms with van der Waals surface area (Å²) in [5.41, 5.74) is 2.07. The van der Waals surface area contributed by atoms with Gasteiger partial charge in [0, 0.05) is 43.5 Å². The largest absolute Gasteiger partial charge is 0.493 e. The maximum Gasteiger partial charge on any atom is 0.224 e. The van der Waals surface area contributed by atoms with Crippen molar-refractivity contribution in [2.75, 3.05) is 25.0 Å². The summed E-state index contributed by atoms with van der Waals surface area (Å²) in [5, 5.41) is 2.89. The quantitative estimate of drug-likeness (QED) is 0.920. The van der Waals surface area contributed by atoms with E-state index in [2.05, 4.69) is 16.8 Å². The number of hydrogen-bond acceptors (Lipinski definition) is 3. The molecule has 0 saturated carbocycles. The summed E-state index contributed by atoms with van der Waals surface area (Å²) in [4.78, 5) is 13.6. The Labute approximate surface area is 141 Å². The minimum Gasteiger partial charge on any atom is -0.493 e. The van der Waals surface area contributed by atoms with Crippen molar-refractivity contribution in [3.63, 3.8) is 0 Å². The van der Waals surface area contributed by atoms with E-state index in [1.54, 1.807) is 0 Å². The van der Waals surface area contributed by atoms with Crippen molar-refractivity contribution in [3.8, 4) is 5.75 Å². The van der Waals surface area contributed by atoms with Crippen molar-refractivity contribution in [2.24, 2.45) is 5.92 Å². The lowest BCUT2D eigenvalue weighted by Gasteiger charge is -2.41. The van der Waals surface area contributed by atoms with Crippen molar-refractivity contribution in [2.45, 2.75) is 12.8 Å². The molecule has 1 saturated heterocycles. The molecule has 4 rings (SSSR count). The predicted molar refractivity (Wildman–Crippen MR) is 93.7 cm³/mol. The third kappa shape index (κ3) is 2.89. The summed E-state index contributed by atoms with van der Waals surface area (Å²) < 4.78 is 7.98. The van der Waals surface area contributed by atoms with Gasteiger partial charge < -0.3 is 19.5 Å². The van der Waals surface area contributed by atoms with Crippen molar-refractivity contribution in [1.29, 1.82) is 0 Å². The third-order valence-corrected chi connectivity index (χ3v) is 4.68. The Hall–Kier alpha value is -2.69. The van der Waals surface area contributed by atoms with Crippen LogP contribution < -0.4 is 10.1 Å². The zero-order valence-electron chi connectivity index (χ0n) is 13.6. The number of likely N-dealkylation sites (tertiary alicyclic amines) is 1. The fourth-order valence-corrected chi connectivity index (χ4v) is 3.22. The van der Waals surface area contributed by atoms with Crippen LogP contribution in [0.25, 0.3) is 5.82 Å². The number of fused-ring (bicyclic) bond motifs is 1. The maximum atomic E-state index is 11.4. The molecule has 1 amide bonds. The number of nitrogens with one attached hydrogen (secondary N) is 1. The monoisotopic (exact) mass is 323 g/mol. The van der Waals surface area contributed by atoms with Gasteiger partial charge in [-0.15, -0.1) is 0 Å². The van der Waals surface area contributed by atoms with Crippen LogP contribution in [0, 0.1) is 5.92 Å². The smallest absolute Gasteiger partial charge is 0.224 e. The van der Waals surface area contributed by atoms with E-state index in [0.717, 1.165) is 42.3 Å². The lowest BCUT2D eigenvalue weighted by molar-refractivity contribution is -0.116. The molecule has 1 aromatic heterocycles. The number of nitrogens with zero attached hydrogens (tertiary/aromatic N) is 2. The van der Waals surface area contributed by atoms with Gasteiger partial charge in [0.25, 0.3) is 0 Å². The van der Waals surface area contributed by atoms with Gasteiger partial charge in [-0.2, -0.15) is 0 Å². The van der Waals surface area contributed by atoms with Crippen LogP contribution in [-0.4, -0.2) is 35.1 Å². The van der Waals surface area contributed by atoms with Gasteiger partial charge >= 0.3 is 0 Å². The van der Waals surface area contributed by atoms with E-state index in [4.69, 9.17) is 4.74 Å². The van der Waals surface area contributed by atoms with Gasteiger partial charge in [-0.25, -0.2) is 0 Å². The van der Waals surface area contributed by atoms with Gasteiger partial charge in [0.1, 0.15) is 11.6 Å². The molecular weight excluding hydrogens is 302 g/mol. The highest BCUT2D eigenvalue weighted by atomic mass is 16.5. The molecule has 2 aliphatic heterocycles. The average molecular weight is 323 g/mol. The molecule has 3 heterocycles. The second-order valence-corrected chi connectivity index (χ2v) is 6.46. The van der Waals surface area contributed by atoms with Crippen molar-refractivity contribution >= 4 is 17.4 Å². The summed E-state index contributed by atoms with van der Waals surface area (Å²) in [6.07, 6.45) is 5.36. The van der Waals surface area contributed by atoms with E-state index >= 15 is 0 Å². The number of hydrogen-bond donors (Lipinski definition) is 1. The highest BCUT2D eigenvalue weighted by Crippen LogP contribution is 2.28. The van der Waals surface area contributed by atoms with Gasteiger partial charge in [0.2, 0.25) is 5.91 Å². The highest BCUT2D eigenvalue weighted by molar-refractivity contribution is 5.93. The predicted octanol–water partition coefficient (Wildman–Crippen LogP) is 2.81. The molecule has 0 bridgehead atoms. The highest BCUT2D eigenvalue weighted by Gasteiger charge is 2.28. The van der Waals surface area contributed by atoms with Crippen LogP contribution in [-0.2, 0) is 11.2 Å². The first-order valence-electron chi connectivity index (χ1n) is 8.32. The van der Waals surface area contributed by atoms with Crippen LogP contribution in [0.15, 0.2) is 49.3 Å². The fraction of sp³-hybridized carbons (Fsp3) is 0.316. The molecule has 5 heteroatoms. The number of carbonyl (C=O) groups is 1. The molecule has 124 valence electrons. The summed E-state index contributed by atoms with van der Waals surface area (Å²) in [6, 6.07) is 9.92. The number of carbonyl (C=O) groups excluding carboxylic acids is 1. The van der Waals surface area contributed by atoms with Gasteiger partial charge in [-0.1, -0.05) is 6.58 Å². The van der Waals surface area contributed by atoms with Crippen molar-refractivity contribution in [3.05, 3.63) is 54.9 Å². The molecular formula is C19H21N3O2. The molecule has 0 radical (unpaired) electrons. The minimum absolute atomic E-state index is 0.0913. The number of rotatable bonds is 5. The summed E-state index contributed by atoms with van der Waals surface area (Å²) >= 11 is 0. The number of aryl methyl sites for hydroxylation is 1. The van der Waals surface area contributed by atoms with E-state index in [9.17, 15) is 4.79 Å². The topological polar surface area (TPSA) is 46.5 Å². The Morgan fingerprint density at radius 2 is 2.04 bits per heavy atom. The molecule has 2 aliphatic rings. The Morgan fingerprint density at radius 1 is 1.25 bits per heavy atom. The lowest BCUT2D eigenvalue weighted by Crippen LogP contribution is -2.48. The van der Waals surface area contributed by atoms with Gasteiger partial charge in [0.15, 0.2) is 0 Å². The maximum absolute atomic E-state index is 11.4. The number of aromatic nitrogens is 1. The molecule has 1 aromatic carbocycles. The summed E-state index contributed by atoms with van der Waals surface area (Å²) in [7, 11) is 0. The minimum atomic E-state index is 0.0913. The van der Waals surface area contributed by atoms with Crippen molar-refractivity contribution < 1.29 is 9.53 Å². The molecule has 0 atom stereocenters. The Bertz CT molecular complexity index is 761. The van der Waals surface area contributed by atoms with E-state index in [-0.39, 0.29) is 5.91 Å². The summed E-state index contributed by atoms with van der Waals surface area (Å²) in [5.74, 6) is 2.51. The van der Waals surface area contributed by atoms with E-state index < -0.39 is 0 Å². The van der Waals surface area contributed by atoms with Crippen molar-refractivity contribution in [1.82, 2.24) is 9.47 Å². The van der Waals surface area contributed by atoms with E-state index in [1.807, 2.05) is 47.3 Å². The van der Waals surface area contributed by atoms with Crippen LogP contribution >= 0.6 is 0 Å². The molecule has 0 aliphatic carbocycles. The molecule has 1 fully saturated rings. The average Bonchev–Trinajstić information content (AvgIpc) is 3.07. The first-order valence-corrected chi connectivity index (χ1v) is 8.32. The second kappa shape index (κ2) is 6.07. The number of anilines is 1. The fourth-order valence-electron chi connectivity index (χ4n) is 3.22. The van der Waals surface area contributed by atoms with Gasteiger partial charge in [0.05, 0.1) is 6.61 Å². The van der Waals surface area contributed by atoms with Gasteiger partial charge in [-0.3, -0.25) is 4.79 Å². The zero-order valence-corrected chi connectivity index (χ0v) is 13.6. The normalized spacial score (nSPS) is 17.0. The molecule has 0 spiro atoms. The Kier molecular flexibility index (Phi) is 3.76. The van der Waals surface area contributed by atoms with E-state index in [0.29, 0.717) is 18.9 Å². The summed E-state index contributed by atoms with van der Waals surface area (Å²) in [6.45, 7) is 6.79. The van der Waals surface area contributed by atoms with Gasteiger partial charge in [-0.05, 0) is 42.3 Å². The van der Waals surface area contributed by atoms with Crippen LogP contribution in [0.4, 0.5) is 5.69 Å². The Morgan fingerprint density at radius 3 is 2.83 bits per heavy atom. The van der Waals surface area contributed by atoms with E-state index in [1.165, 1.54) is 0 Å². The first-order chi connectivity index (χ1) is 11.7. The molecule has 0 unspecified atom stereocenters. The van der Waals surface area contributed by atoms with Crippen LogP contribution in [0.2, 0.25) is 0 Å². The second-order valence-electron chi connectivity index (χ2n) is 6.46. The SMILES string of the molecule is C=C(N1CC(COc2ccc3c(c2)CCC(=O)N3)C1)n1cccc1. The number of amides is 1. The molecule has 2 aromatic rings. The molecule has 1 N–H and O–H groups in total. The van der Waals surface area contributed by atoms with Crippen LogP contribution in [0.5, 0.6) is 5.75 Å². The Balaban J connectivity index is 1.28.